The van der Waals surface area contributed by atoms with Crippen molar-refractivity contribution in [3.05, 3.63) is 64.7 Å². The molecule has 0 saturated heterocycles. The second kappa shape index (κ2) is 5.69. The van der Waals surface area contributed by atoms with E-state index in [-0.39, 0.29) is 5.91 Å². The number of aryl methyl sites for hydroxylation is 2. The Balaban J connectivity index is 1.71. The fraction of sp³-hybridized carbons (Fsp3) is 0.105. The molecule has 0 radical (unpaired) electrons. The van der Waals surface area contributed by atoms with Crippen LogP contribution < -0.4 is 5.32 Å². The number of nitrogens with zero attached hydrogens (tertiary/aromatic N) is 2. The standard InChI is InChI=1S/C19H15N3OS/c1-11-6-7-15-13(8-11)9-14-10-16(24-19(14)21-15)18(23)22-17-5-3-4-12(2)20-17/h3-10H,1-2H3,(H,20,22,23). The number of thiophene rings is 1. The summed E-state index contributed by atoms with van der Waals surface area (Å²) in [7, 11) is 0. The quantitative estimate of drug-likeness (QED) is 0.578. The van der Waals surface area contributed by atoms with E-state index in [4.69, 9.17) is 0 Å². The summed E-state index contributed by atoms with van der Waals surface area (Å²) in [4.78, 5) is 22.9. The number of pyridine rings is 2. The first-order chi connectivity index (χ1) is 11.6. The molecule has 3 heterocycles. The molecule has 0 saturated carbocycles. The van der Waals surface area contributed by atoms with Crippen molar-refractivity contribution in [1.82, 2.24) is 9.97 Å². The van der Waals surface area contributed by atoms with E-state index < -0.39 is 0 Å². The fourth-order valence-electron chi connectivity index (χ4n) is 2.66. The third-order valence-electron chi connectivity index (χ3n) is 3.81. The first kappa shape index (κ1) is 14.8. The summed E-state index contributed by atoms with van der Waals surface area (Å²) in [6, 6.07) is 15.7. The monoisotopic (exact) mass is 333 g/mol. The number of amides is 1. The lowest BCUT2D eigenvalue weighted by Crippen LogP contribution is -2.11. The molecule has 4 rings (SSSR count). The second-order valence-corrected chi connectivity index (χ2v) is 6.84. The average molecular weight is 333 g/mol. The molecule has 24 heavy (non-hydrogen) atoms. The van der Waals surface area contributed by atoms with Gasteiger partial charge in [0.25, 0.3) is 5.91 Å². The van der Waals surface area contributed by atoms with E-state index in [2.05, 4.69) is 34.3 Å². The molecule has 1 aromatic carbocycles. The van der Waals surface area contributed by atoms with Gasteiger partial charge in [0.1, 0.15) is 10.6 Å². The summed E-state index contributed by atoms with van der Waals surface area (Å²) in [5, 5.41) is 4.92. The maximum atomic E-state index is 12.5. The van der Waals surface area contributed by atoms with Gasteiger partial charge in [0.2, 0.25) is 0 Å². The van der Waals surface area contributed by atoms with Crippen molar-refractivity contribution in [2.24, 2.45) is 0 Å². The van der Waals surface area contributed by atoms with Crippen molar-refractivity contribution in [3.8, 4) is 0 Å². The van der Waals surface area contributed by atoms with E-state index in [1.165, 1.54) is 16.9 Å². The van der Waals surface area contributed by atoms with Crippen molar-refractivity contribution in [3.63, 3.8) is 0 Å². The van der Waals surface area contributed by atoms with Crippen molar-refractivity contribution in [2.45, 2.75) is 13.8 Å². The van der Waals surface area contributed by atoms with Crippen LogP contribution >= 0.6 is 11.3 Å². The molecule has 0 spiro atoms. The zero-order valence-electron chi connectivity index (χ0n) is 13.3. The zero-order valence-corrected chi connectivity index (χ0v) is 14.1. The Morgan fingerprint density at radius 2 is 1.88 bits per heavy atom. The molecule has 5 heteroatoms. The normalized spacial score (nSPS) is 11.1. The Hall–Kier alpha value is -2.79. The minimum absolute atomic E-state index is 0.156. The molecule has 0 fully saturated rings. The number of fused-ring (bicyclic) bond motifs is 2. The molecule has 4 nitrogen and oxygen atoms in total. The van der Waals surface area contributed by atoms with E-state index in [9.17, 15) is 4.79 Å². The Morgan fingerprint density at radius 3 is 2.71 bits per heavy atom. The SMILES string of the molecule is Cc1ccc2nc3sc(C(=O)Nc4cccc(C)n4)cc3cc2c1. The van der Waals surface area contributed by atoms with E-state index in [0.29, 0.717) is 10.7 Å². The number of carbonyl (C=O) groups is 1. The first-order valence-corrected chi connectivity index (χ1v) is 8.46. The molecule has 0 bridgehead atoms. The highest BCUT2D eigenvalue weighted by Crippen LogP contribution is 2.28. The topological polar surface area (TPSA) is 54.9 Å². The largest absolute Gasteiger partial charge is 0.306 e. The highest BCUT2D eigenvalue weighted by Gasteiger charge is 2.13. The highest BCUT2D eigenvalue weighted by molar-refractivity contribution is 7.20. The van der Waals surface area contributed by atoms with Gasteiger partial charge >= 0.3 is 0 Å². The molecule has 0 atom stereocenters. The van der Waals surface area contributed by atoms with E-state index in [1.54, 1.807) is 6.07 Å². The summed E-state index contributed by atoms with van der Waals surface area (Å²) in [6.45, 7) is 3.96. The van der Waals surface area contributed by atoms with Crippen LogP contribution in [-0.4, -0.2) is 15.9 Å². The zero-order chi connectivity index (χ0) is 16.7. The van der Waals surface area contributed by atoms with E-state index >= 15 is 0 Å². The lowest BCUT2D eigenvalue weighted by atomic mass is 10.1. The van der Waals surface area contributed by atoms with Gasteiger partial charge < -0.3 is 5.32 Å². The van der Waals surface area contributed by atoms with E-state index in [0.717, 1.165) is 26.8 Å². The molecule has 1 amide bonds. The third-order valence-corrected chi connectivity index (χ3v) is 4.85. The minimum atomic E-state index is -0.156. The van der Waals surface area contributed by atoms with Crippen LogP contribution in [0.5, 0.6) is 0 Å². The van der Waals surface area contributed by atoms with Crippen molar-refractivity contribution in [1.29, 1.82) is 0 Å². The van der Waals surface area contributed by atoms with Crippen molar-refractivity contribution < 1.29 is 4.79 Å². The van der Waals surface area contributed by atoms with Gasteiger partial charge in [-0.3, -0.25) is 4.79 Å². The fourth-order valence-corrected chi connectivity index (χ4v) is 3.57. The Kier molecular flexibility index (Phi) is 3.50. The van der Waals surface area contributed by atoms with Crippen LogP contribution in [0.15, 0.2) is 48.5 Å². The van der Waals surface area contributed by atoms with Crippen LogP contribution in [0.2, 0.25) is 0 Å². The molecular weight excluding hydrogens is 318 g/mol. The average Bonchev–Trinajstić information content (AvgIpc) is 2.95. The molecule has 4 aromatic rings. The number of rotatable bonds is 2. The van der Waals surface area contributed by atoms with Crippen LogP contribution in [0.1, 0.15) is 20.9 Å². The molecule has 118 valence electrons. The van der Waals surface area contributed by atoms with Crippen LogP contribution in [0, 0.1) is 13.8 Å². The van der Waals surface area contributed by atoms with Gasteiger partial charge in [-0.05, 0) is 50.2 Å². The Labute approximate surface area is 143 Å². The van der Waals surface area contributed by atoms with Crippen LogP contribution in [-0.2, 0) is 0 Å². The highest BCUT2D eigenvalue weighted by atomic mass is 32.1. The van der Waals surface area contributed by atoms with Crippen LogP contribution in [0.25, 0.3) is 21.1 Å². The minimum Gasteiger partial charge on any atom is -0.306 e. The van der Waals surface area contributed by atoms with Crippen molar-refractivity contribution >= 4 is 44.2 Å². The molecule has 0 unspecified atom stereocenters. The smallest absolute Gasteiger partial charge is 0.266 e. The number of anilines is 1. The third kappa shape index (κ3) is 2.74. The van der Waals surface area contributed by atoms with E-state index in [1.807, 2.05) is 37.3 Å². The number of hydrogen-bond acceptors (Lipinski definition) is 4. The summed E-state index contributed by atoms with van der Waals surface area (Å²) < 4.78 is 0. The summed E-state index contributed by atoms with van der Waals surface area (Å²) in [6.07, 6.45) is 0. The predicted octanol–water partition coefficient (Wildman–Crippen LogP) is 4.71. The molecule has 3 aromatic heterocycles. The van der Waals surface area contributed by atoms with Gasteiger partial charge in [0, 0.05) is 16.5 Å². The maximum Gasteiger partial charge on any atom is 0.266 e. The summed E-state index contributed by atoms with van der Waals surface area (Å²) in [5.74, 6) is 0.405. The van der Waals surface area contributed by atoms with Crippen molar-refractivity contribution in [2.75, 3.05) is 5.32 Å². The number of carbonyl (C=O) groups excluding carboxylic acids is 1. The maximum absolute atomic E-state index is 12.5. The summed E-state index contributed by atoms with van der Waals surface area (Å²) in [5.41, 5.74) is 3.01. The summed E-state index contributed by atoms with van der Waals surface area (Å²) >= 11 is 1.40. The predicted molar refractivity (Wildman–Crippen MR) is 98.8 cm³/mol. The molecule has 0 aliphatic heterocycles. The number of aromatic nitrogens is 2. The van der Waals surface area contributed by atoms with Gasteiger partial charge in [-0.25, -0.2) is 9.97 Å². The Morgan fingerprint density at radius 1 is 1.00 bits per heavy atom. The number of nitrogens with one attached hydrogen (secondary N) is 1. The first-order valence-electron chi connectivity index (χ1n) is 7.64. The van der Waals surface area contributed by atoms with Crippen LogP contribution in [0.4, 0.5) is 5.82 Å². The van der Waals surface area contributed by atoms with Gasteiger partial charge in [0.05, 0.1) is 10.4 Å². The van der Waals surface area contributed by atoms with Gasteiger partial charge in [0.15, 0.2) is 0 Å². The molecule has 1 N–H and O–H groups in total. The van der Waals surface area contributed by atoms with Gasteiger partial charge in [-0.1, -0.05) is 17.7 Å². The number of benzene rings is 1. The van der Waals surface area contributed by atoms with Crippen LogP contribution in [0.3, 0.4) is 0 Å². The lowest BCUT2D eigenvalue weighted by Gasteiger charge is -2.02. The molecule has 0 aliphatic carbocycles. The molecule has 0 aliphatic rings. The molecular formula is C19H15N3OS. The van der Waals surface area contributed by atoms with Gasteiger partial charge in [-0.15, -0.1) is 11.3 Å². The number of hydrogen-bond donors (Lipinski definition) is 1. The lowest BCUT2D eigenvalue weighted by molar-refractivity contribution is 0.103. The second-order valence-electron chi connectivity index (χ2n) is 5.81. The van der Waals surface area contributed by atoms with Gasteiger partial charge in [-0.2, -0.15) is 0 Å². The Bertz CT molecular complexity index is 1080.